The van der Waals surface area contributed by atoms with Crippen LogP contribution in [0.15, 0.2) is 97.2 Å². The largest absolute Gasteiger partial charge is 0.756 e. The molecule has 0 aliphatic carbocycles. The summed E-state index contributed by atoms with van der Waals surface area (Å²) in [7, 11) is 1.16. The summed E-state index contributed by atoms with van der Waals surface area (Å²) in [6.45, 7) is 6.78. The van der Waals surface area contributed by atoms with Crippen molar-refractivity contribution in [3.63, 3.8) is 0 Å². The summed E-state index contributed by atoms with van der Waals surface area (Å²) in [5.74, 6) is -0.562. The molecule has 0 rings (SSSR count). The monoisotopic (exact) mass is 1150 g/mol. The molecule has 0 aromatic heterocycles. The number of esters is 1. The van der Waals surface area contributed by atoms with Gasteiger partial charge in [-0.2, -0.15) is 0 Å². The zero-order valence-electron chi connectivity index (χ0n) is 53.5. The van der Waals surface area contributed by atoms with Crippen LogP contribution >= 0.6 is 7.82 Å². The average molecular weight is 1150 g/mol. The summed E-state index contributed by atoms with van der Waals surface area (Å²) in [6, 6.07) is -0.903. The van der Waals surface area contributed by atoms with Gasteiger partial charge in [0.25, 0.3) is 7.82 Å². The number of carbonyl (C=O) groups is 2. The molecule has 0 saturated heterocycles. The van der Waals surface area contributed by atoms with Gasteiger partial charge < -0.3 is 28.5 Å². The molecule has 0 fully saturated rings. The second-order valence-electron chi connectivity index (χ2n) is 23.6. The Morgan fingerprint density at radius 3 is 1.15 bits per heavy atom. The van der Waals surface area contributed by atoms with E-state index in [2.05, 4.69) is 111 Å². The van der Waals surface area contributed by atoms with Gasteiger partial charge in [-0.1, -0.05) is 260 Å². The minimum Gasteiger partial charge on any atom is -0.756 e. The van der Waals surface area contributed by atoms with Crippen LogP contribution in [0.4, 0.5) is 0 Å². The van der Waals surface area contributed by atoms with Crippen molar-refractivity contribution in [3.8, 4) is 0 Å². The van der Waals surface area contributed by atoms with Crippen LogP contribution in [-0.4, -0.2) is 69.4 Å². The van der Waals surface area contributed by atoms with Crippen LogP contribution in [0.3, 0.4) is 0 Å². The third-order valence-electron chi connectivity index (χ3n) is 14.5. The Bertz CT molecular complexity index is 1710. The van der Waals surface area contributed by atoms with E-state index in [0.717, 1.165) is 116 Å². The smallest absolute Gasteiger partial charge is 0.306 e. The normalized spacial score (nSPS) is 14.2. The lowest BCUT2D eigenvalue weighted by Crippen LogP contribution is -2.47. The number of ether oxygens (including phenoxy) is 1. The van der Waals surface area contributed by atoms with Crippen LogP contribution < -0.4 is 10.2 Å². The summed E-state index contributed by atoms with van der Waals surface area (Å²) in [4.78, 5) is 40.1. The predicted octanol–water partition coefficient (Wildman–Crippen LogP) is 20.5. The maximum Gasteiger partial charge on any atom is 0.306 e. The molecule has 0 saturated carbocycles. The van der Waals surface area contributed by atoms with E-state index >= 15 is 0 Å². The lowest BCUT2D eigenvalue weighted by Gasteiger charge is -2.30. The van der Waals surface area contributed by atoms with Crippen molar-refractivity contribution in [2.75, 3.05) is 40.9 Å². The number of carbonyl (C=O) groups excluding carboxylic acids is 2. The number of allylic oxidation sites excluding steroid dienone is 15. The molecule has 0 bridgehead atoms. The Morgan fingerprint density at radius 2 is 0.753 bits per heavy atom. The number of phosphoric acid groups is 1. The van der Waals surface area contributed by atoms with Crippen LogP contribution in [0, 0.1) is 0 Å². The van der Waals surface area contributed by atoms with Crippen molar-refractivity contribution in [2.45, 2.75) is 303 Å². The first-order chi connectivity index (χ1) is 39.4. The summed E-state index contributed by atoms with van der Waals surface area (Å²) in [6.07, 6.45) is 80.9. The van der Waals surface area contributed by atoms with Gasteiger partial charge in [0.1, 0.15) is 19.3 Å². The number of nitrogens with zero attached hydrogens (tertiary/aromatic N) is 1. The molecule has 3 unspecified atom stereocenters. The van der Waals surface area contributed by atoms with E-state index in [4.69, 9.17) is 13.8 Å². The molecule has 0 aliphatic heterocycles. The van der Waals surface area contributed by atoms with Crippen LogP contribution in [0.25, 0.3) is 0 Å². The molecule has 468 valence electrons. The lowest BCUT2D eigenvalue weighted by atomic mass is 10.1. The van der Waals surface area contributed by atoms with E-state index in [1.165, 1.54) is 141 Å². The second kappa shape index (κ2) is 60.1. The van der Waals surface area contributed by atoms with Gasteiger partial charge in [-0.3, -0.25) is 14.2 Å². The van der Waals surface area contributed by atoms with Crippen molar-refractivity contribution in [1.29, 1.82) is 0 Å². The molecule has 0 spiro atoms. The molecule has 9 nitrogen and oxygen atoms in total. The minimum atomic E-state index is -4.71. The van der Waals surface area contributed by atoms with Gasteiger partial charge >= 0.3 is 5.97 Å². The topological polar surface area (TPSA) is 114 Å². The number of unbranched alkanes of at least 4 members (excludes halogenated alkanes) is 30. The number of quaternary nitrogens is 1. The number of hydrogen-bond acceptors (Lipinski definition) is 7. The SMILES string of the molecule is CCCCC/C=C\C/C=C\C/C=C\C/C=C\CCCCCCCCCC(=O)NC(COP(=O)([O-])OCC[N+](C)(C)C)C(/C=C/CCCCCCCCCCC)OC(=O)CCCCCCCCCC/C=C\C/C=C\C/C=C\CCCCC. The van der Waals surface area contributed by atoms with Gasteiger partial charge in [0.05, 0.1) is 33.8 Å². The van der Waals surface area contributed by atoms with Crippen LogP contribution in [0.2, 0.25) is 0 Å². The van der Waals surface area contributed by atoms with Gasteiger partial charge in [0, 0.05) is 12.8 Å². The molecule has 0 radical (unpaired) electrons. The quantitative estimate of drug-likeness (QED) is 0.0212. The molecule has 0 aliphatic rings. The molecule has 1 N–H and O–H groups in total. The first-order valence-electron chi connectivity index (χ1n) is 33.5. The van der Waals surface area contributed by atoms with Crippen LogP contribution in [-0.2, 0) is 27.9 Å². The number of hydrogen-bond donors (Lipinski definition) is 1. The van der Waals surface area contributed by atoms with Crippen molar-refractivity contribution in [1.82, 2.24) is 5.32 Å². The first-order valence-corrected chi connectivity index (χ1v) is 35.0. The summed E-state index contributed by atoms with van der Waals surface area (Å²) < 4.78 is 30.4. The fraction of sp³-hybridized carbons (Fsp3) is 0.746. The Labute approximate surface area is 500 Å². The van der Waals surface area contributed by atoms with Crippen molar-refractivity contribution < 1.29 is 37.3 Å². The maximum atomic E-state index is 13.6. The zero-order valence-corrected chi connectivity index (χ0v) is 54.4. The van der Waals surface area contributed by atoms with E-state index in [1.54, 1.807) is 0 Å². The molecule has 0 heterocycles. The number of rotatable bonds is 60. The summed E-state index contributed by atoms with van der Waals surface area (Å²) in [5, 5.41) is 3.03. The third-order valence-corrected chi connectivity index (χ3v) is 15.5. The molecular weight excluding hydrogens is 1020 g/mol. The summed E-state index contributed by atoms with van der Waals surface area (Å²) in [5.41, 5.74) is 0. The van der Waals surface area contributed by atoms with Crippen LogP contribution in [0.1, 0.15) is 290 Å². The standard InChI is InChI=1S/C71H127N2O7P/c1-7-10-13-16-19-22-25-27-29-31-33-35-36-38-39-41-43-45-48-51-54-57-60-63-70(74)72-68(67-79-81(76,77)78-66-65-73(4,5)6)69(62-59-56-53-50-47-24-21-18-15-12-9-3)80-71(75)64-61-58-55-52-49-46-44-42-40-37-34-32-30-28-26-23-20-17-14-11-8-2/h19-20,22-23,27-30,33-35,37-39,59,62,68-69H,7-18,21,24-26,31-32,36,40-58,60-61,63-67H2,1-6H3,(H-,72,74,76,77)/b22-19-,23-20-,29-27-,30-28-,35-33-,37-34-,39-38-,62-59+. The fourth-order valence-electron chi connectivity index (χ4n) is 9.28. The van der Waals surface area contributed by atoms with E-state index in [-0.39, 0.29) is 24.9 Å². The molecule has 10 heteroatoms. The number of amides is 1. The number of likely N-dealkylation sites (N-methyl/N-ethyl adjacent to an activating group) is 1. The number of nitrogens with one attached hydrogen (secondary N) is 1. The fourth-order valence-corrected chi connectivity index (χ4v) is 10.0. The van der Waals surface area contributed by atoms with Gasteiger partial charge in [-0.25, -0.2) is 0 Å². The highest BCUT2D eigenvalue weighted by Crippen LogP contribution is 2.38. The molecule has 3 atom stereocenters. The Hall–Kier alpha value is -3.07. The molecule has 1 amide bonds. The van der Waals surface area contributed by atoms with E-state index in [0.29, 0.717) is 17.4 Å². The summed E-state index contributed by atoms with van der Waals surface area (Å²) >= 11 is 0. The molecular formula is C71H127N2O7P. The van der Waals surface area contributed by atoms with E-state index in [9.17, 15) is 19.0 Å². The van der Waals surface area contributed by atoms with Crippen LogP contribution in [0.5, 0.6) is 0 Å². The molecule has 81 heavy (non-hydrogen) atoms. The van der Waals surface area contributed by atoms with Crippen molar-refractivity contribution in [3.05, 3.63) is 97.2 Å². The van der Waals surface area contributed by atoms with Crippen molar-refractivity contribution in [2.24, 2.45) is 0 Å². The Kier molecular flexibility index (Phi) is 57.8. The Balaban J connectivity index is 5.16. The zero-order chi connectivity index (χ0) is 59.3. The highest BCUT2D eigenvalue weighted by molar-refractivity contribution is 7.45. The first kappa shape index (κ1) is 77.9. The van der Waals surface area contributed by atoms with E-state index in [1.807, 2.05) is 33.3 Å². The molecule has 0 aromatic rings. The van der Waals surface area contributed by atoms with Gasteiger partial charge in [0.2, 0.25) is 5.91 Å². The number of phosphoric ester groups is 1. The molecule has 0 aromatic carbocycles. The van der Waals surface area contributed by atoms with Crippen molar-refractivity contribution >= 4 is 19.7 Å². The van der Waals surface area contributed by atoms with Gasteiger partial charge in [-0.15, -0.1) is 0 Å². The maximum absolute atomic E-state index is 13.6. The lowest BCUT2D eigenvalue weighted by molar-refractivity contribution is -0.870. The van der Waals surface area contributed by atoms with Gasteiger partial charge in [-0.05, 0) is 115 Å². The third kappa shape index (κ3) is 61.3. The highest BCUT2D eigenvalue weighted by Gasteiger charge is 2.27. The minimum absolute atomic E-state index is 0.0302. The van der Waals surface area contributed by atoms with E-state index < -0.39 is 26.6 Å². The van der Waals surface area contributed by atoms with Gasteiger partial charge in [0.15, 0.2) is 0 Å². The predicted molar refractivity (Wildman–Crippen MR) is 348 cm³/mol. The Morgan fingerprint density at radius 1 is 0.432 bits per heavy atom. The highest BCUT2D eigenvalue weighted by atomic mass is 31.2. The second-order valence-corrected chi connectivity index (χ2v) is 25.0. The average Bonchev–Trinajstić information content (AvgIpc) is 3.43.